The van der Waals surface area contributed by atoms with E-state index in [0.29, 0.717) is 0 Å². The van der Waals surface area contributed by atoms with E-state index in [1.165, 1.54) is 29.8 Å². The van der Waals surface area contributed by atoms with Gasteiger partial charge in [0.15, 0.2) is 0 Å². The maximum absolute atomic E-state index is 13.2. The van der Waals surface area contributed by atoms with Crippen LogP contribution in [-0.2, 0) is 12.8 Å². The maximum atomic E-state index is 13.2. The number of aromatic nitrogens is 6. The number of halogens is 2. The van der Waals surface area contributed by atoms with Gasteiger partial charge >= 0.3 is 0 Å². The predicted molar refractivity (Wildman–Crippen MR) is 208 cm³/mol. The molecule has 9 rings (SSSR count). The second kappa shape index (κ2) is 17.0. The molecule has 0 radical (unpaired) electrons. The maximum Gasteiger partial charge on any atom is 0.123 e. The van der Waals surface area contributed by atoms with Crippen LogP contribution >= 0.6 is 0 Å². The van der Waals surface area contributed by atoms with E-state index in [1.807, 2.05) is 48.5 Å². The number of methoxy groups -OCH3 is 1. The van der Waals surface area contributed by atoms with Gasteiger partial charge < -0.3 is 24.1 Å². The van der Waals surface area contributed by atoms with Crippen LogP contribution in [0.25, 0.3) is 45.0 Å². The van der Waals surface area contributed by atoms with E-state index >= 15 is 0 Å². The summed E-state index contributed by atoms with van der Waals surface area (Å²) in [6.07, 6.45) is 10.4. The minimum Gasteiger partial charge on any atom is -0.497 e. The van der Waals surface area contributed by atoms with Crippen molar-refractivity contribution in [1.82, 2.24) is 29.1 Å². The number of aryl methyl sites for hydroxylation is 3. The molecule has 0 fully saturated rings. The molecular formula is C44H42F2N6O3. The number of imidazole rings is 2. The third-order valence-electron chi connectivity index (χ3n) is 9.92. The second-order valence-electron chi connectivity index (χ2n) is 13.4. The van der Waals surface area contributed by atoms with Crippen molar-refractivity contribution in [1.29, 1.82) is 0 Å². The lowest BCUT2D eigenvalue weighted by Gasteiger charge is -2.15. The Morgan fingerprint density at radius 3 is 1.35 bits per heavy atom. The molecule has 6 heterocycles. The monoisotopic (exact) mass is 740 g/mol. The standard InChI is InChI=1S/2C18H16FN3O.C8H10O/c2*19-14-3-1-12(2-4-14)17-18(13-7-9-20-10-8-13)22-15(11-23)5-6-16(22)21-17;1-7-3-5-8(9-2)6-4-7/h2*1-4,7-10,15,23H,5-6,11H2;3-6H,1-2H3/t2*15-;/m00./s1. The molecule has 2 aliphatic rings. The highest BCUT2D eigenvalue weighted by Gasteiger charge is 2.31. The molecule has 7 aromatic rings. The first-order valence-corrected chi connectivity index (χ1v) is 18.3. The summed E-state index contributed by atoms with van der Waals surface area (Å²) in [5, 5.41) is 19.4. The van der Waals surface area contributed by atoms with Gasteiger partial charge in [-0.3, -0.25) is 9.97 Å². The summed E-state index contributed by atoms with van der Waals surface area (Å²) in [4.78, 5) is 17.7. The van der Waals surface area contributed by atoms with Crippen LogP contribution in [-0.4, -0.2) is 59.6 Å². The molecule has 0 spiro atoms. The zero-order valence-electron chi connectivity index (χ0n) is 30.7. The van der Waals surface area contributed by atoms with Crippen LogP contribution in [0.4, 0.5) is 8.78 Å². The number of aliphatic hydroxyl groups excluding tert-OH is 2. The molecule has 0 amide bonds. The van der Waals surface area contributed by atoms with Crippen molar-refractivity contribution in [2.75, 3.05) is 20.3 Å². The lowest BCUT2D eigenvalue weighted by molar-refractivity contribution is 0.234. The number of rotatable bonds is 7. The highest BCUT2D eigenvalue weighted by molar-refractivity contribution is 5.80. The lowest BCUT2D eigenvalue weighted by atomic mass is 10.0. The molecule has 4 aromatic heterocycles. The molecular weight excluding hydrogens is 699 g/mol. The first kappa shape index (κ1) is 37.3. The normalized spacial score (nSPS) is 15.3. The average molecular weight is 741 g/mol. The summed E-state index contributed by atoms with van der Waals surface area (Å²) < 4.78 is 35.7. The van der Waals surface area contributed by atoms with Gasteiger partial charge in [-0.15, -0.1) is 0 Å². The van der Waals surface area contributed by atoms with Gasteiger partial charge in [0.05, 0.1) is 55.2 Å². The molecule has 0 unspecified atom stereocenters. The van der Waals surface area contributed by atoms with Crippen LogP contribution < -0.4 is 4.74 Å². The van der Waals surface area contributed by atoms with Crippen LogP contribution in [0.3, 0.4) is 0 Å². The van der Waals surface area contributed by atoms with Gasteiger partial charge in [-0.2, -0.15) is 0 Å². The van der Waals surface area contributed by atoms with Crippen LogP contribution in [0.1, 0.15) is 42.1 Å². The molecule has 55 heavy (non-hydrogen) atoms. The molecule has 3 aromatic carbocycles. The van der Waals surface area contributed by atoms with E-state index in [4.69, 9.17) is 14.7 Å². The Balaban J connectivity index is 0.000000139. The Bertz CT molecular complexity index is 2170. The second-order valence-corrected chi connectivity index (χ2v) is 13.4. The van der Waals surface area contributed by atoms with Crippen molar-refractivity contribution in [3.05, 3.63) is 151 Å². The summed E-state index contributed by atoms with van der Waals surface area (Å²) >= 11 is 0. The third-order valence-corrected chi connectivity index (χ3v) is 9.92. The lowest BCUT2D eigenvalue weighted by Crippen LogP contribution is -2.09. The van der Waals surface area contributed by atoms with Crippen LogP contribution in [0.5, 0.6) is 5.75 Å². The highest BCUT2D eigenvalue weighted by atomic mass is 19.1. The van der Waals surface area contributed by atoms with Gasteiger partial charge in [-0.1, -0.05) is 17.7 Å². The fourth-order valence-electron chi connectivity index (χ4n) is 7.16. The Labute approximate surface area is 318 Å². The first-order chi connectivity index (χ1) is 26.9. The fraction of sp³-hybridized carbons (Fsp3) is 0.227. The fourth-order valence-corrected chi connectivity index (χ4v) is 7.16. The van der Waals surface area contributed by atoms with Crippen molar-refractivity contribution in [2.24, 2.45) is 0 Å². The molecule has 0 saturated carbocycles. The number of pyridine rings is 2. The quantitative estimate of drug-likeness (QED) is 0.169. The van der Waals surface area contributed by atoms with Crippen LogP contribution in [0, 0.1) is 18.6 Å². The van der Waals surface area contributed by atoms with Gasteiger partial charge in [0.1, 0.15) is 29.0 Å². The molecule has 2 N–H and O–H groups in total. The van der Waals surface area contributed by atoms with E-state index in [0.717, 1.165) is 88.1 Å². The zero-order valence-corrected chi connectivity index (χ0v) is 30.7. The number of benzene rings is 3. The summed E-state index contributed by atoms with van der Waals surface area (Å²) in [5.74, 6) is 2.32. The number of fused-ring (bicyclic) bond motifs is 2. The topological polar surface area (TPSA) is 111 Å². The molecule has 280 valence electrons. The first-order valence-electron chi connectivity index (χ1n) is 18.3. The minimum atomic E-state index is -0.265. The Morgan fingerprint density at radius 2 is 0.982 bits per heavy atom. The number of nitrogens with zero attached hydrogens (tertiary/aromatic N) is 6. The summed E-state index contributed by atoms with van der Waals surface area (Å²) in [7, 11) is 1.67. The van der Waals surface area contributed by atoms with Gasteiger partial charge in [0, 0.05) is 59.9 Å². The smallest absolute Gasteiger partial charge is 0.123 e. The molecule has 0 aliphatic carbocycles. The van der Waals surface area contributed by atoms with Crippen LogP contribution in [0.2, 0.25) is 0 Å². The van der Waals surface area contributed by atoms with Gasteiger partial charge in [0.25, 0.3) is 0 Å². The molecule has 2 aliphatic heterocycles. The van der Waals surface area contributed by atoms with Gasteiger partial charge in [0.2, 0.25) is 0 Å². The third kappa shape index (κ3) is 8.08. The molecule has 11 heteroatoms. The molecule has 9 nitrogen and oxygen atoms in total. The number of aliphatic hydroxyl groups is 2. The zero-order chi connectivity index (χ0) is 38.3. The molecule has 0 bridgehead atoms. The van der Waals surface area contributed by atoms with E-state index in [-0.39, 0.29) is 36.9 Å². The van der Waals surface area contributed by atoms with E-state index in [9.17, 15) is 19.0 Å². The summed E-state index contributed by atoms with van der Waals surface area (Å²) in [6.45, 7) is 2.23. The highest BCUT2D eigenvalue weighted by Crippen LogP contribution is 2.40. The minimum absolute atomic E-state index is 0.0369. The van der Waals surface area contributed by atoms with Crippen molar-refractivity contribution in [3.63, 3.8) is 0 Å². The summed E-state index contributed by atoms with van der Waals surface area (Å²) in [5.41, 5.74) is 8.58. The number of ether oxygens (including phenoxy) is 1. The number of hydrogen-bond acceptors (Lipinski definition) is 7. The van der Waals surface area contributed by atoms with Gasteiger partial charge in [-0.25, -0.2) is 18.7 Å². The predicted octanol–water partition coefficient (Wildman–Crippen LogP) is 8.47. The van der Waals surface area contributed by atoms with Crippen molar-refractivity contribution < 1.29 is 23.7 Å². The molecule has 0 saturated heterocycles. The van der Waals surface area contributed by atoms with Crippen molar-refractivity contribution in [3.8, 4) is 50.8 Å². The average Bonchev–Trinajstić information content (AvgIpc) is 4.01. The Kier molecular flexibility index (Phi) is 11.5. The van der Waals surface area contributed by atoms with Crippen LogP contribution in [0.15, 0.2) is 122 Å². The van der Waals surface area contributed by atoms with Crippen molar-refractivity contribution >= 4 is 0 Å². The van der Waals surface area contributed by atoms with Gasteiger partial charge in [-0.05, 0) is 105 Å². The largest absolute Gasteiger partial charge is 0.497 e. The van der Waals surface area contributed by atoms with Crippen molar-refractivity contribution in [2.45, 2.75) is 44.7 Å². The van der Waals surface area contributed by atoms with E-state index in [1.54, 1.807) is 56.2 Å². The Morgan fingerprint density at radius 1 is 0.582 bits per heavy atom. The Hall–Kier alpha value is -6.04. The SMILES string of the molecule is COc1ccc(C)cc1.OC[C@@H]1CCc2nc(-c3ccc(F)cc3)c(-c3ccncc3)n21.OC[C@@H]1CCc2nc(-c3ccc(F)cc3)c(-c3ccncc3)n21. The van der Waals surface area contributed by atoms with E-state index in [2.05, 4.69) is 26.0 Å². The molecule has 2 atom stereocenters. The summed E-state index contributed by atoms with van der Waals surface area (Å²) in [6, 6.07) is 28.5. The van der Waals surface area contributed by atoms with E-state index < -0.39 is 0 Å². The number of hydrogen-bond donors (Lipinski definition) is 2.